The molecule has 38 heavy (non-hydrogen) atoms. The highest BCUT2D eigenvalue weighted by Crippen LogP contribution is 2.24. The number of rotatable bonds is 8. The van der Waals surface area contributed by atoms with Gasteiger partial charge in [-0.3, -0.25) is 19.4 Å². The summed E-state index contributed by atoms with van der Waals surface area (Å²) in [7, 11) is -3.44. The van der Waals surface area contributed by atoms with Crippen molar-refractivity contribution >= 4 is 33.2 Å². The van der Waals surface area contributed by atoms with Gasteiger partial charge in [0.25, 0.3) is 11.8 Å². The van der Waals surface area contributed by atoms with Gasteiger partial charge in [0.1, 0.15) is 5.75 Å². The van der Waals surface area contributed by atoms with Crippen molar-refractivity contribution in [3.63, 3.8) is 0 Å². The third-order valence-electron chi connectivity index (χ3n) is 5.47. The summed E-state index contributed by atoms with van der Waals surface area (Å²) < 4.78 is 27.9. The zero-order valence-corrected chi connectivity index (χ0v) is 21.6. The molecule has 0 radical (unpaired) electrons. The van der Waals surface area contributed by atoms with Gasteiger partial charge in [0, 0.05) is 34.1 Å². The Labute approximate surface area is 220 Å². The predicted molar refractivity (Wildman–Crippen MR) is 142 cm³/mol. The smallest absolute Gasteiger partial charge is 0.319 e. The van der Waals surface area contributed by atoms with E-state index >= 15 is 0 Å². The number of amides is 2. The van der Waals surface area contributed by atoms with Crippen LogP contribution in [0.3, 0.4) is 0 Å². The quantitative estimate of drug-likeness (QED) is 0.312. The number of carbonyl (C=O) groups is 3. The molecular formula is C28H25N3O6S. The van der Waals surface area contributed by atoms with Gasteiger partial charge in [-0.05, 0) is 55.8 Å². The normalized spacial score (nSPS) is 12.3. The average molecular weight is 532 g/mol. The lowest BCUT2D eigenvalue weighted by atomic mass is 10.1. The van der Waals surface area contributed by atoms with E-state index in [1.54, 1.807) is 86.8 Å². The topological polar surface area (TPSA) is 128 Å². The number of hydrogen-bond acceptors (Lipinski definition) is 7. The fraction of sp³-hybridized carbons (Fsp3) is 0.143. The van der Waals surface area contributed by atoms with Crippen LogP contribution in [0.15, 0.2) is 99.1 Å². The van der Waals surface area contributed by atoms with Crippen LogP contribution >= 0.6 is 0 Å². The Morgan fingerprint density at radius 2 is 1.79 bits per heavy atom. The summed E-state index contributed by atoms with van der Waals surface area (Å²) in [4.78, 5) is 42.2. The zero-order valence-electron chi connectivity index (χ0n) is 20.7. The third-order valence-corrected chi connectivity index (χ3v) is 7.56. The standard InChI is InChI=1S/C28H25N3O6S/c1-3-36-25(32)18-38(35,24-10-5-4-6-11-24)31-27(33)22-14-21(16-29-17-22)20-8-7-9-23(15-20)30-28(34)26-19(2)12-13-37-26/h4-17H,3,18H2,1-2H3,(H,30,34)/t38-/m0/s1. The molecule has 0 fully saturated rings. The number of furan rings is 1. The number of aromatic nitrogens is 1. The van der Waals surface area contributed by atoms with Crippen molar-refractivity contribution in [1.29, 1.82) is 0 Å². The number of carbonyl (C=O) groups excluding carboxylic acids is 3. The van der Waals surface area contributed by atoms with Gasteiger partial charge in [0.05, 0.1) is 28.2 Å². The van der Waals surface area contributed by atoms with E-state index in [1.807, 2.05) is 0 Å². The summed E-state index contributed by atoms with van der Waals surface area (Å²) in [5.41, 5.74) is 2.58. The minimum atomic E-state index is -3.44. The van der Waals surface area contributed by atoms with Crippen molar-refractivity contribution in [3.8, 4) is 11.1 Å². The lowest BCUT2D eigenvalue weighted by Crippen LogP contribution is -2.20. The van der Waals surface area contributed by atoms with E-state index in [2.05, 4.69) is 14.7 Å². The van der Waals surface area contributed by atoms with Crippen LogP contribution in [-0.2, 0) is 19.3 Å². The Balaban J connectivity index is 1.63. The molecule has 4 rings (SSSR count). The highest BCUT2D eigenvalue weighted by atomic mass is 32.2. The summed E-state index contributed by atoms with van der Waals surface area (Å²) in [6.07, 6.45) is 4.32. The van der Waals surface area contributed by atoms with Gasteiger partial charge in [-0.2, -0.15) is 4.36 Å². The molecule has 10 heteroatoms. The fourth-order valence-electron chi connectivity index (χ4n) is 3.63. The molecule has 0 spiro atoms. The molecule has 2 aromatic heterocycles. The summed E-state index contributed by atoms with van der Waals surface area (Å²) >= 11 is 0. The van der Waals surface area contributed by atoms with E-state index in [9.17, 15) is 18.6 Å². The van der Waals surface area contributed by atoms with Gasteiger partial charge in [-0.15, -0.1) is 0 Å². The van der Waals surface area contributed by atoms with Crippen molar-refractivity contribution in [1.82, 2.24) is 4.98 Å². The number of hydrogen-bond donors (Lipinski definition) is 1. The number of nitrogens with zero attached hydrogens (tertiary/aromatic N) is 2. The highest BCUT2D eigenvalue weighted by molar-refractivity contribution is 7.94. The van der Waals surface area contributed by atoms with E-state index in [-0.39, 0.29) is 28.7 Å². The Morgan fingerprint density at radius 3 is 2.50 bits per heavy atom. The molecule has 0 aliphatic carbocycles. The molecule has 0 aliphatic rings. The first-order valence-corrected chi connectivity index (χ1v) is 13.4. The summed E-state index contributed by atoms with van der Waals surface area (Å²) in [5.74, 6) is -2.22. The number of anilines is 1. The second-order valence-electron chi connectivity index (χ2n) is 8.23. The van der Waals surface area contributed by atoms with Crippen LogP contribution < -0.4 is 5.32 Å². The number of pyridine rings is 1. The first-order valence-electron chi connectivity index (χ1n) is 11.7. The number of nitrogens with one attached hydrogen (secondary N) is 1. The fourth-order valence-corrected chi connectivity index (χ4v) is 5.33. The van der Waals surface area contributed by atoms with Crippen LogP contribution in [0.2, 0.25) is 0 Å². The third kappa shape index (κ3) is 6.22. The first kappa shape index (κ1) is 26.5. The van der Waals surface area contributed by atoms with Crippen molar-refractivity contribution in [2.75, 3.05) is 17.7 Å². The minimum Gasteiger partial charge on any atom is -0.465 e. The predicted octanol–water partition coefficient (Wildman–Crippen LogP) is 5.13. The van der Waals surface area contributed by atoms with Gasteiger partial charge in [0.15, 0.2) is 5.76 Å². The zero-order chi connectivity index (χ0) is 27.1. The molecule has 2 amide bonds. The molecule has 1 atom stereocenters. The minimum absolute atomic E-state index is 0.0932. The summed E-state index contributed by atoms with van der Waals surface area (Å²) in [6.45, 7) is 3.53. The Bertz CT molecular complexity index is 1600. The largest absolute Gasteiger partial charge is 0.465 e. The average Bonchev–Trinajstić information content (AvgIpc) is 3.35. The highest BCUT2D eigenvalue weighted by Gasteiger charge is 2.21. The molecule has 9 nitrogen and oxygen atoms in total. The number of benzene rings is 2. The van der Waals surface area contributed by atoms with Crippen LogP contribution in [0.25, 0.3) is 11.1 Å². The van der Waals surface area contributed by atoms with Crippen molar-refractivity contribution in [2.24, 2.45) is 4.36 Å². The first-order chi connectivity index (χ1) is 18.3. The molecule has 0 aliphatic heterocycles. The van der Waals surface area contributed by atoms with E-state index < -0.39 is 27.4 Å². The molecule has 0 saturated heterocycles. The maximum atomic E-state index is 13.7. The van der Waals surface area contributed by atoms with Crippen molar-refractivity contribution < 1.29 is 27.7 Å². The molecule has 2 heterocycles. The lowest BCUT2D eigenvalue weighted by molar-refractivity contribution is -0.139. The lowest BCUT2D eigenvalue weighted by Gasteiger charge is -2.10. The molecule has 2 aromatic carbocycles. The maximum Gasteiger partial charge on any atom is 0.319 e. The molecule has 1 N–H and O–H groups in total. The monoisotopic (exact) mass is 531 g/mol. The van der Waals surface area contributed by atoms with Gasteiger partial charge >= 0.3 is 5.97 Å². The van der Waals surface area contributed by atoms with Crippen LogP contribution in [0.4, 0.5) is 5.69 Å². The van der Waals surface area contributed by atoms with Crippen molar-refractivity contribution in [3.05, 3.63) is 102 Å². The molecule has 0 bridgehead atoms. The van der Waals surface area contributed by atoms with Crippen LogP contribution in [0.5, 0.6) is 0 Å². The van der Waals surface area contributed by atoms with E-state index in [0.29, 0.717) is 22.4 Å². The Hall–Kier alpha value is -4.57. The summed E-state index contributed by atoms with van der Waals surface area (Å²) in [6, 6.07) is 18.4. The van der Waals surface area contributed by atoms with Crippen molar-refractivity contribution in [2.45, 2.75) is 18.7 Å². The van der Waals surface area contributed by atoms with Gasteiger partial charge in [0.2, 0.25) is 0 Å². The van der Waals surface area contributed by atoms with Crippen LogP contribution in [-0.4, -0.2) is 39.3 Å². The van der Waals surface area contributed by atoms with Crippen LogP contribution in [0, 0.1) is 6.92 Å². The molecule has 0 saturated carbocycles. The Morgan fingerprint density at radius 1 is 1.00 bits per heavy atom. The van der Waals surface area contributed by atoms with Gasteiger partial charge in [-0.25, -0.2) is 4.21 Å². The van der Waals surface area contributed by atoms with Crippen LogP contribution in [0.1, 0.15) is 33.4 Å². The number of esters is 1. The molecule has 0 unspecified atom stereocenters. The second kappa shape index (κ2) is 11.7. The summed E-state index contributed by atoms with van der Waals surface area (Å²) in [5, 5.41) is 2.79. The number of ether oxygens (including phenoxy) is 1. The van der Waals surface area contributed by atoms with Gasteiger partial charge < -0.3 is 14.5 Å². The molecule has 194 valence electrons. The van der Waals surface area contributed by atoms with E-state index in [1.165, 1.54) is 12.5 Å². The molecule has 4 aromatic rings. The number of aryl methyl sites for hydroxylation is 1. The second-order valence-corrected chi connectivity index (χ2v) is 10.5. The molecular weight excluding hydrogens is 506 g/mol. The maximum absolute atomic E-state index is 13.7. The van der Waals surface area contributed by atoms with Gasteiger partial charge in [-0.1, -0.05) is 30.3 Å². The van der Waals surface area contributed by atoms with E-state index in [0.717, 1.165) is 0 Å². The Kier molecular flexibility index (Phi) is 8.12. The van der Waals surface area contributed by atoms with E-state index in [4.69, 9.17) is 9.15 Å². The SMILES string of the molecule is CCOC(=O)C[S@@](=O)(=NC(=O)c1cncc(-c2cccc(NC(=O)c3occc3C)c2)c1)c1ccccc1.